The first kappa shape index (κ1) is 14.8. The molecule has 2 aliphatic rings. The number of hydrogen-bond donors (Lipinski definition) is 1. The van der Waals surface area contributed by atoms with Gasteiger partial charge in [-0.3, -0.25) is 4.79 Å². The lowest BCUT2D eigenvalue weighted by molar-refractivity contribution is -0.139. The number of piperidine rings is 1. The summed E-state index contributed by atoms with van der Waals surface area (Å²) in [5, 5.41) is 3.23. The summed E-state index contributed by atoms with van der Waals surface area (Å²) >= 11 is 0. The van der Waals surface area contributed by atoms with E-state index in [9.17, 15) is 4.79 Å². The Morgan fingerprint density at radius 1 is 1.05 bits per heavy atom. The second-order valence-corrected chi connectivity index (χ2v) is 6.26. The van der Waals surface area contributed by atoms with Crippen LogP contribution in [0.5, 0.6) is 0 Å². The molecule has 1 saturated heterocycles. The minimum absolute atomic E-state index is 0.331. The zero-order valence-electron chi connectivity index (χ0n) is 12.5. The number of carbonyl (C=O) groups excluding carboxylic acids is 1. The number of nitrogens with zero attached hydrogens (tertiary/aromatic N) is 1. The molecule has 3 nitrogen and oxygen atoms in total. The second-order valence-electron chi connectivity index (χ2n) is 6.26. The summed E-state index contributed by atoms with van der Waals surface area (Å²) in [5.41, 5.74) is 0. The molecule has 19 heavy (non-hydrogen) atoms. The van der Waals surface area contributed by atoms with Crippen molar-refractivity contribution >= 4 is 5.91 Å². The molecule has 2 rings (SSSR count). The van der Waals surface area contributed by atoms with E-state index >= 15 is 0 Å². The minimum atomic E-state index is 0.331. The van der Waals surface area contributed by atoms with Crippen molar-refractivity contribution in [1.82, 2.24) is 10.2 Å². The van der Waals surface area contributed by atoms with E-state index < -0.39 is 0 Å². The molecule has 1 unspecified atom stereocenters. The lowest BCUT2D eigenvalue weighted by Crippen LogP contribution is -2.47. The van der Waals surface area contributed by atoms with Gasteiger partial charge in [-0.25, -0.2) is 0 Å². The summed E-state index contributed by atoms with van der Waals surface area (Å²) in [4.78, 5) is 15.0. The summed E-state index contributed by atoms with van der Waals surface area (Å²) in [5.74, 6) is 0.806. The van der Waals surface area contributed by atoms with Crippen LogP contribution in [0, 0.1) is 5.92 Å². The molecule has 1 aliphatic carbocycles. The first-order valence-corrected chi connectivity index (χ1v) is 8.28. The fourth-order valence-corrected chi connectivity index (χ4v) is 3.66. The molecule has 1 saturated carbocycles. The summed E-state index contributed by atoms with van der Waals surface area (Å²) < 4.78 is 0. The van der Waals surface area contributed by atoms with Crippen molar-refractivity contribution in [2.75, 3.05) is 20.1 Å². The van der Waals surface area contributed by atoms with Gasteiger partial charge in [0.15, 0.2) is 0 Å². The van der Waals surface area contributed by atoms with Gasteiger partial charge in [-0.1, -0.05) is 25.7 Å². The molecule has 1 N–H and O–H groups in total. The Morgan fingerprint density at radius 3 is 2.42 bits per heavy atom. The van der Waals surface area contributed by atoms with Crippen LogP contribution >= 0.6 is 0 Å². The van der Waals surface area contributed by atoms with Crippen LogP contribution in [-0.2, 0) is 4.79 Å². The Bertz CT molecular complexity index is 272. The molecule has 1 heterocycles. The van der Waals surface area contributed by atoms with Gasteiger partial charge < -0.3 is 10.2 Å². The Hall–Kier alpha value is -0.570. The Morgan fingerprint density at radius 2 is 1.74 bits per heavy atom. The van der Waals surface area contributed by atoms with Crippen molar-refractivity contribution in [1.29, 1.82) is 0 Å². The number of rotatable bonds is 4. The molecule has 1 atom stereocenters. The van der Waals surface area contributed by atoms with Gasteiger partial charge in [-0.15, -0.1) is 0 Å². The summed E-state index contributed by atoms with van der Waals surface area (Å²) in [7, 11) is 2.00. The summed E-state index contributed by atoms with van der Waals surface area (Å²) in [6.45, 7) is 2.03. The molecule has 0 radical (unpaired) electrons. The predicted octanol–water partition coefficient (Wildman–Crippen LogP) is 2.95. The van der Waals surface area contributed by atoms with Crippen molar-refractivity contribution in [3.63, 3.8) is 0 Å². The van der Waals surface area contributed by atoms with Crippen LogP contribution in [0.2, 0.25) is 0 Å². The van der Waals surface area contributed by atoms with Gasteiger partial charge >= 0.3 is 0 Å². The molecule has 0 aromatic rings. The van der Waals surface area contributed by atoms with E-state index in [2.05, 4.69) is 10.2 Å². The number of nitrogens with one attached hydrogen (secondary N) is 1. The van der Waals surface area contributed by atoms with Crippen LogP contribution in [0.3, 0.4) is 0 Å². The number of likely N-dealkylation sites (tertiary alicyclic amines) is 1. The fourth-order valence-electron chi connectivity index (χ4n) is 3.66. The molecule has 0 spiro atoms. The van der Waals surface area contributed by atoms with E-state index in [0.717, 1.165) is 32.4 Å². The van der Waals surface area contributed by atoms with Gasteiger partial charge in [0.25, 0.3) is 0 Å². The number of amides is 1. The maximum Gasteiger partial charge on any atom is 0.225 e. The van der Waals surface area contributed by atoms with Crippen molar-refractivity contribution in [3.8, 4) is 0 Å². The van der Waals surface area contributed by atoms with Crippen LogP contribution < -0.4 is 5.32 Å². The first-order chi connectivity index (χ1) is 9.33. The molecule has 0 bridgehead atoms. The smallest absolute Gasteiger partial charge is 0.225 e. The third-order valence-corrected chi connectivity index (χ3v) is 4.84. The van der Waals surface area contributed by atoms with Crippen molar-refractivity contribution in [3.05, 3.63) is 0 Å². The van der Waals surface area contributed by atoms with Gasteiger partial charge in [0, 0.05) is 18.5 Å². The normalized spacial score (nSPS) is 26.2. The average Bonchev–Trinajstić information content (AvgIpc) is 2.73. The molecule has 110 valence electrons. The summed E-state index contributed by atoms with van der Waals surface area (Å²) in [6.07, 6.45) is 12.3. The van der Waals surface area contributed by atoms with Crippen molar-refractivity contribution in [2.24, 2.45) is 5.92 Å². The van der Waals surface area contributed by atoms with Gasteiger partial charge in [-0.05, 0) is 52.1 Å². The predicted molar refractivity (Wildman–Crippen MR) is 79.1 cm³/mol. The largest absolute Gasteiger partial charge is 0.339 e. The molecule has 0 aromatic carbocycles. The highest BCUT2D eigenvalue weighted by atomic mass is 16.2. The Balaban J connectivity index is 1.93. The van der Waals surface area contributed by atoms with E-state index in [4.69, 9.17) is 0 Å². The molecule has 3 heteroatoms. The van der Waals surface area contributed by atoms with Gasteiger partial charge in [0.1, 0.15) is 0 Å². The lowest BCUT2D eigenvalue weighted by Gasteiger charge is -2.38. The third kappa shape index (κ3) is 4.20. The van der Waals surface area contributed by atoms with E-state index in [-0.39, 0.29) is 0 Å². The van der Waals surface area contributed by atoms with E-state index in [1.807, 2.05) is 7.05 Å². The molecule has 2 fully saturated rings. The molecule has 1 amide bonds. The number of carbonyl (C=O) groups is 1. The zero-order valence-corrected chi connectivity index (χ0v) is 12.5. The van der Waals surface area contributed by atoms with Crippen LogP contribution in [-0.4, -0.2) is 37.0 Å². The second kappa shape index (κ2) is 7.88. The van der Waals surface area contributed by atoms with Gasteiger partial charge in [0.2, 0.25) is 5.91 Å². The molecule has 0 aromatic heterocycles. The third-order valence-electron chi connectivity index (χ3n) is 4.84. The van der Waals surface area contributed by atoms with E-state index in [0.29, 0.717) is 17.9 Å². The average molecular weight is 266 g/mol. The maximum atomic E-state index is 12.8. The zero-order chi connectivity index (χ0) is 13.5. The summed E-state index contributed by atoms with van der Waals surface area (Å²) in [6, 6.07) is 0.497. The molecule has 1 aliphatic heterocycles. The van der Waals surface area contributed by atoms with Crippen molar-refractivity contribution < 1.29 is 4.79 Å². The van der Waals surface area contributed by atoms with Crippen LogP contribution in [0.15, 0.2) is 0 Å². The maximum absolute atomic E-state index is 12.8. The molecular formula is C16H30N2O. The SMILES string of the molecule is CNCCC1CCCCN1C(=O)C1CCCCCC1. The van der Waals surface area contributed by atoms with Gasteiger partial charge in [-0.2, -0.15) is 0 Å². The highest BCUT2D eigenvalue weighted by molar-refractivity contribution is 5.79. The van der Waals surface area contributed by atoms with E-state index in [1.54, 1.807) is 0 Å². The lowest BCUT2D eigenvalue weighted by atomic mass is 9.93. The van der Waals surface area contributed by atoms with Crippen LogP contribution in [0.4, 0.5) is 0 Å². The molecular weight excluding hydrogens is 236 g/mol. The first-order valence-electron chi connectivity index (χ1n) is 8.28. The van der Waals surface area contributed by atoms with Crippen LogP contribution in [0.25, 0.3) is 0 Å². The highest BCUT2D eigenvalue weighted by Crippen LogP contribution is 2.28. The Kier molecular flexibility index (Phi) is 6.15. The van der Waals surface area contributed by atoms with Crippen LogP contribution in [0.1, 0.15) is 64.2 Å². The van der Waals surface area contributed by atoms with Gasteiger partial charge in [0.05, 0.1) is 0 Å². The monoisotopic (exact) mass is 266 g/mol. The quantitative estimate of drug-likeness (QED) is 0.794. The fraction of sp³-hybridized carbons (Fsp3) is 0.938. The minimum Gasteiger partial charge on any atom is -0.339 e. The highest BCUT2D eigenvalue weighted by Gasteiger charge is 2.31. The standard InChI is InChI=1S/C16H30N2O/c1-17-12-11-15-10-6-7-13-18(15)16(19)14-8-4-2-3-5-9-14/h14-15,17H,2-13H2,1H3. The number of hydrogen-bond acceptors (Lipinski definition) is 2. The van der Waals surface area contributed by atoms with Crippen molar-refractivity contribution in [2.45, 2.75) is 70.3 Å². The van der Waals surface area contributed by atoms with E-state index in [1.165, 1.54) is 44.9 Å². The Labute approximate surface area is 118 Å². The topological polar surface area (TPSA) is 32.3 Å².